The fraction of sp³-hybridized carbons (Fsp3) is 0. The molecule has 7 heteroatoms. The van der Waals surface area contributed by atoms with E-state index >= 15 is 0 Å². The molecule has 0 saturated heterocycles. The van der Waals surface area contributed by atoms with Crippen LogP contribution in [0.2, 0.25) is 0 Å². The van der Waals surface area contributed by atoms with Crippen LogP contribution in [0.3, 0.4) is 0 Å². The van der Waals surface area contributed by atoms with E-state index < -0.39 is 10.4 Å². The van der Waals surface area contributed by atoms with Crippen LogP contribution in [0.15, 0.2) is 0 Å². The van der Waals surface area contributed by atoms with E-state index in [4.69, 9.17) is 17.5 Å². The van der Waals surface area contributed by atoms with Gasteiger partial charge in [-0.25, -0.2) is 0 Å². The molecule has 0 saturated carbocycles. The molecular formula is BaCrO4S+3. The third kappa shape index (κ3) is 73.0. The molecule has 7 heavy (non-hydrogen) atoms. The van der Waals surface area contributed by atoms with Crippen LogP contribution in [0.1, 0.15) is 0 Å². The van der Waals surface area contributed by atoms with Crippen LogP contribution in [-0.4, -0.2) is 66.4 Å². The maximum Gasteiger partial charge on any atom is 3.00 e. The molecule has 0 bridgehead atoms. The fourth-order valence-corrected chi connectivity index (χ4v) is 0. The van der Waals surface area contributed by atoms with Gasteiger partial charge < -0.3 is 9.11 Å². The molecule has 0 aliphatic carbocycles. The van der Waals surface area contributed by atoms with Crippen molar-refractivity contribution in [2.75, 3.05) is 0 Å². The van der Waals surface area contributed by atoms with Crippen LogP contribution in [0.25, 0.3) is 0 Å². The van der Waals surface area contributed by atoms with E-state index in [0.717, 1.165) is 0 Å². The van der Waals surface area contributed by atoms with Crippen molar-refractivity contribution in [3.8, 4) is 0 Å². The Balaban J connectivity index is -0.0000000800. The van der Waals surface area contributed by atoms with E-state index in [9.17, 15) is 0 Å². The van der Waals surface area contributed by atoms with Gasteiger partial charge in [0.1, 0.15) is 0 Å². The van der Waals surface area contributed by atoms with Gasteiger partial charge in [-0.05, 0) is 0 Å². The minimum Gasteiger partial charge on any atom is -0.759 e. The van der Waals surface area contributed by atoms with Crippen LogP contribution in [0, 0.1) is 0 Å². The Morgan fingerprint density at radius 2 is 1.14 bits per heavy atom. The Morgan fingerprint density at radius 3 is 1.14 bits per heavy atom. The summed E-state index contributed by atoms with van der Waals surface area (Å²) in [5.74, 6) is 0. The van der Waals surface area contributed by atoms with Crippen LogP contribution < -0.4 is 0 Å². The van der Waals surface area contributed by atoms with Crippen molar-refractivity contribution >= 4 is 59.3 Å². The molecule has 0 fully saturated rings. The van der Waals surface area contributed by atoms with Gasteiger partial charge in [-0.15, -0.1) is 0 Å². The van der Waals surface area contributed by atoms with Crippen molar-refractivity contribution in [3.63, 3.8) is 0 Å². The molecule has 0 unspecified atom stereocenters. The summed E-state index contributed by atoms with van der Waals surface area (Å²) >= 11 is 0. The zero-order valence-electron chi connectivity index (χ0n) is 3.16. The van der Waals surface area contributed by atoms with E-state index in [1.165, 1.54) is 0 Å². The summed E-state index contributed by atoms with van der Waals surface area (Å²) in [6.45, 7) is 0. The van der Waals surface area contributed by atoms with Gasteiger partial charge in [0.05, 0.1) is 0 Å². The monoisotopic (exact) mass is 286 g/mol. The number of hydrogen-bond donors (Lipinski definition) is 0. The van der Waals surface area contributed by atoms with Gasteiger partial charge in [0.2, 0.25) is 0 Å². The molecule has 0 aromatic carbocycles. The first-order chi connectivity index (χ1) is 2.00. The number of rotatable bonds is 0. The second-order valence-electron chi connectivity index (χ2n) is 0.408. The van der Waals surface area contributed by atoms with E-state index in [-0.39, 0.29) is 66.2 Å². The minimum absolute atomic E-state index is 0. The van der Waals surface area contributed by atoms with Crippen molar-refractivity contribution in [2.45, 2.75) is 0 Å². The molecule has 1 radical (unpaired) electrons. The summed E-state index contributed by atoms with van der Waals surface area (Å²) < 4.78 is 34.1. The summed E-state index contributed by atoms with van der Waals surface area (Å²) in [5.41, 5.74) is 0. The molecule has 0 rings (SSSR count). The Morgan fingerprint density at radius 1 is 1.14 bits per heavy atom. The summed E-state index contributed by atoms with van der Waals surface area (Å²) in [6, 6.07) is 0. The van der Waals surface area contributed by atoms with Gasteiger partial charge in [-0.3, -0.25) is 8.42 Å². The molecule has 35 valence electrons. The molecule has 0 aromatic rings. The predicted molar refractivity (Wildman–Crippen MR) is 16.2 cm³/mol. The molecule has 0 atom stereocenters. The SMILES string of the molecule is O=S(=O)([O-])[O-].[Ba+2].[Cr+3]. The first-order valence-corrected chi connectivity index (χ1v) is 2.00. The number of hydrogen-bond acceptors (Lipinski definition) is 4. The van der Waals surface area contributed by atoms with E-state index in [1.54, 1.807) is 0 Å². The summed E-state index contributed by atoms with van der Waals surface area (Å²) in [6.07, 6.45) is 0. The third-order valence-electron chi connectivity index (χ3n) is 0. The van der Waals surface area contributed by atoms with E-state index in [1.807, 2.05) is 0 Å². The van der Waals surface area contributed by atoms with E-state index in [2.05, 4.69) is 0 Å². The summed E-state index contributed by atoms with van der Waals surface area (Å²) in [4.78, 5) is 0. The maximum atomic E-state index is 8.52. The fourth-order valence-electron chi connectivity index (χ4n) is 0. The van der Waals surface area contributed by atoms with Crippen LogP contribution in [0.4, 0.5) is 0 Å². The minimum atomic E-state index is -5.17. The molecule has 0 aromatic heterocycles. The normalized spacial score (nSPS) is 8.29. The molecule has 0 heterocycles. The van der Waals surface area contributed by atoms with Gasteiger partial charge in [0.15, 0.2) is 0 Å². The molecule has 4 nitrogen and oxygen atoms in total. The molecule has 0 N–H and O–H groups in total. The quantitative estimate of drug-likeness (QED) is 0.301. The van der Waals surface area contributed by atoms with Crippen LogP contribution in [0.5, 0.6) is 0 Å². The topological polar surface area (TPSA) is 80.3 Å². The Hall–Kier alpha value is 1.97. The van der Waals surface area contributed by atoms with Crippen LogP contribution in [-0.2, 0) is 27.8 Å². The van der Waals surface area contributed by atoms with Crippen molar-refractivity contribution in [1.29, 1.82) is 0 Å². The smallest absolute Gasteiger partial charge is 0.759 e. The van der Waals surface area contributed by atoms with Crippen molar-refractivity contribution in [2.24, 2.45) is 0 Å². The van der Waals surface area contributed by atoms with Gasteiger partial charge in [0, 0.05) is 10.4 Å². The van der Waals surface area contributed by atoms with Crippen molar-refractivity contribution in [1.82, 2.24) is 0 Å². The van der Waals surface area contributed by atoms with Gasteiger partial charge >= 0.3 is 66.2 Å². The molecule has 0 aliphatic rings. The summed E-state index contributed by atoms with van der Waals surface area (Å²) in [7, 11) is -5.17. The Labute approximate surface area is 92.5 Å². The maximum absolute atomic E-state index is 8.52. The first-order valence-electron chi connectivity index (χ1n) is 0.667. The Kier molecular flexibility index (Phi) is 13.9. The third-order valence-corrected chi connectivity index (χ3v) is 0. The largest absolute Gasteiger partial charge is 3.00 e. The van der Waals surface area contributed by atoms with Gasteiger partial charge in [-0.1, -0.05) is 0 Å². The van der Waals surface area contributed by atoms with Crippen molar-refractivity contribution in [3.05, 3.63) is 0 Å². The molecule has 0 aliphatic heterocycles. The second-order valence-corrected chi connectivity index (χ2v) is 1.22. The standard InChI is InChI=1S/Ba.Cr.H2O4S/c;;1-5(2,3)4/h;;(H2,1,2,3,4)/q+2;+3;/p-2. The predicted octanol–water partition coefficient (Wildman–Crippen LogP) is -1.72. The molecule has 0 amide bonds. The first kappa shape index (κ1) is 16.0. The molecule has 0 spiro atoms. The molecular weight excluding hydrogens is 285 g/mol. The van der Waals surface area contributed by atoms with Gasteiger partial charge in [-0.2, -0.15) is 0 Å². The van der Waals surface area contributed by atoms with E-state index in [0.29, 0.717) is 0 Å². The van der Waals surface area contributed by atoms with Crippen molar-refractivity contribution < 1.29 is 34.9 Å². The zero-order valence-corrected chi connectivity index (χ0v) is 9.69. The average Bonchev–Trinajstić information content (AvgIpc) is 0.722. The zero-order chi connectivity index (χ0) is 4.50. The van der Waals surface area contributed by atoms with Crippen LogP contribution >= 0.6 is 0 Å². The summed E-state index contributed by atoms with van der Waals surface area (Å²) in [5, 5.41) is 0. The van der Waals surface area contributed by atoms with Gasteiger partial charge in [0.25, 0.3) is 0 Å². The average molecular weight is 285 g/mol. The second kappa shape index (κ2) is 6.10. The Bertz CT molecular complexity index is 94.9.